The number of hydrogen-bond donors (Lipinski definition) is 0. The molecule has 0 amide bonds. The minimum atomic E-state index is -0.476. The summed E-state index contributed by atoms with van der Waals surface area (Å²) < 4.78 is 7.38. The van der Waals surface area contributed by atoms with Gasteiger partial charge in [0.15, 0.2) is 11.0 Å². The SMILES string of the molecule is CCn1c(SCC(=O)OC(C)(C)C)nnc1-c1ccc(C(C)(C)C)cc1. The van der Waals surface area contributed by atoms with E-state index in [1.807, 2.05) is 32.3 Å². The van der Waals surface area contributed by atoms with Crippen molar-refractivity contribution in [3.8, 4) is 11.4 Å². The highest BCUT2D eigenvalue weighted by Gasteiger charge is 2.19. The Hall–Kier alpha value is -1.82. The third-order valence-corrected chi connectivity index (χ3v) is 4.72. The van der Waals surface area contributed by atoms with E-state index in [1.165, 1.54) is 17.3 Å². The highest BCUT2D eigenvalue weighted by atomic mass is 32.2. The first kappa shape index (κ1) is 20.5. The maximum Gasteiger partial charge on any atom is 0.316 e. The molecule has 0 radical (unpaired) electrons. The molecule has 0 atom stereocenters. The lowest BCUT2D eigenvalue weighted by Gasteiger charge is -2.19. The second kappa shape index (κ2) is 7.82. The van der Waals surface area contributed by atoms with Gasteiger partial charge in [0.05, 0.1) is 5.75 Å². The van der Waals surface area contributed by atoms with Gasteiger partial charge in [-0.15, -0.1) is 10.2 Å². The zero-order chi connectivity index (χ0) is 19.5. The molecule has 6 heteroatoms. The number of ether oxygens (including phenoxy) is 1. The van der Waals surface area contributed by atoms with E-state index in [-0.39, 0.29) is 17.1 Å². The monoisotopic (exact) mass is 375 g/mol. The number of carbonyl (C=O) groups excluding carboxylic acids is 1. The van der Waals surface area contributed by atoms with E-state index in [4.69, 9.17) is 4.74 Å². The van der Waals surface area contributed by atoms with Crippen molar-refractivity contribution in [3.63, 3.8) is 0 Å². The van der Waals surface area contributed by atoms with Crippen molar-refractivity contribution in [1.29, 1.82) is 0 Å². The molecule has 2 aromatic rings. The average Bonchev–Trinajstić information content (AvgIpc) is 2.93. The van der Waals surface area contributed by atoms with Gasteiger partial charge in [-0.05, 0) is 38.7 Å². The van der Waals surface area contributed by atoms with Crippen LogP contribution in [0.25, 0.3) is 11.4 Å². The van der Waals surface area contributed by atoms with Crippen LogP contribution >= 0.6 is 11.8 Å². The predicted molar refractivity (Wildman–Crippen MR) is 106 cm³/mol. The number of benzene rings is 1. The molecule has 5 nitrogen and oxygen atoms in total. The number of rotatable bonds is 5. The van der Waals surface area contributed by atoms with E-state index >= 15 is 0 Å². The van der Waals surface area contributed by atoms with E-state index in [0.717, 1.165) is 23.1 Å². The van der Waals surface area contributed by atoms with Crippen molar-refractivity contribution < 1.29 is 9.53 Å². The van der Waals surface area contributed by atoms with Gasteiger partial charge in [-0.3, -0.25) is 4.79 Å². The van der Waals surface area contributed by atoms with Crippen LogP contribution in [0.1, 0.15) is 54.0 Å². The molecule has 0 aliphatic carbocycles. The second-order valence-electron chi connectivity index (χ2n) is 8.25. The first-order chi connectivity index (χ1) is 12.0. The van der Waals surface area contributed by atoms with Crippen molar-refractivity contribution in [2.75, 3.05) is 5.75 Å². The first-order valence-corrected chi connectivity index (χ1v) is 9.88. The van der Waals surface area contributed by atoms with Crippen LogP contribution in [0.5, 0.6) is 0 Å². The Morgan fingerprint density at radius 2 is 1.69 bits per heavy atom. The first-order valence-electron chi connectivity index (χ1n) is 8.90. The number of nitrogens with zero attached hydrogens (tertiary/aromatic N) is 3. The predicted octanol–water partition coefficient (Wildman–Crippen LogP) is 4.70. The van der Waals surface area contributed by atoms with Gasteiger partial charge in [-0.2, -0.15) is 0 Å². The van der Waals surface area contributed by atoms with Crippen LogP contribution in [0.3, 0.4) is 0 Å². The number of hydrogen-bond acceptors (Lipinski definition) is 5. The van der Waals surface area contributed by atoms with Gasteiger partial charge in [0.25, 0.3) is 0 Å². The molecule has 1 aromatic carbocycles. The third kappa shape index (κ3) is 5.34. The van der Waals surface area contributed by atoms with Crippen LogP contribution in [0, 0.1) is 0 Å². The Morgan fingerprint density at radius 3 is 2.19 bits per heavy atom. The molecular formula is C20H29N3O2S. The molecule has 26 heavy (non-hydrogen) atoms. The summed E-state index contributed by atoms with van der Waals surface area (Å²) in [4.78, 5) is 11.9. The van der Waals surface area contributed by atoms with E-state index in [1.54, 1.807) is 0 Å². The second-order valence-corrected chi connectivity index (χ2v) is 9.20. The van der Waals surface area contributed by atoms with E-state index < -0.39 is 5.60 Å². The highest BCUT2D eigenvalue weighted by Crippen LogP contribution is 2.27. The van der Waals surface area contributed by atoms with Crippen molar-refractivity contribution in [2.24, 2.45) is 0 Å². The summed E-state index contributed by atoms with van der Waals surface area (Å²) in [6.45, 7) is 15.0. The Labute approximate surface area is 160 Å². The van der Waals surface area contributed by atoms with Gasteiger partial charge >= 0.3 is 5.97 Å². The van der Waals surface area contributed by atoms with Gasteiger partial charge in [0, 0.05) is 12.1 Å². The Bertz CT molecular complexity index is 753. The lowest BCUT2D eigenvalue weighted by atomic mass is 9.87. The number of aromatic nitrogens is 3. The van der Waals surface area contributed by atoms with Gasteiger partial charge < -0.3 is 9.30 Å². The molecule has 0 saturated heterocycles. The molecule has 0 saturated carbocycles. The lowest BCUT2D eigenvalue weighted by molar-refractivity contribution is -0.151. The number of esters is 1. The Morgan fingerprint density at radius 1 is 1.08 bits per heavy atom. The molecule has 142 valence electrons. The van der Waals surface area contributed by atoms with Crippen molar-refractivity contribution in [3.05, 3.63) is 29.8 Å². The summed E-state index contributed by atoms with van der Waals surface area (Å²) in [7, 11) is 0. The topological polar surface area (TPSA) is 57.0 Å². The van der Waals surface area contributed by atoms with Crippen LogP contribution in [-0.2, 0) is 21.5 Å². The van der Waals surface area contributed by atoms with Gasteiger partial charge in [0.1, 0.15) is 5.60 Å². The molecule has 0 bridgehead atoms. The smallest absolute Gasteiger partial charge is 0.316 e. The zero-order valence-corrected chi connectivity index (χ0v) is 17.6. The molecule has 2 rings (SSSR count). The fraction of sp³-hybridized carbons (Fsp3) is 0.550. The minimum absolute atomic E-state index is 0.116. The molecule has 0 unspecified atom stereocenters. The summed E-state index contributed by atoms with van der Waals surface area (Å²) in [6, 6.07) is 8.44. The average molecular weight is 376 g/mol. The molecule has 1 aromatic heterocycles. The zero-order valence-electron chi connectivity index (χ0n) is 16.8. The summed E-state index contributed by atoms with van der Waals surface area (Å²) in [6.07, 6.45) is 0. The summed E-state index contributed by atoms with van der Waals surface area (Å²) in [5.41, 5.74) is 1.95. The summed E-state index contributed by atoms with van der Waals surface area (Å²) in [5, 5.41) is 9.34. The van der Waals surface area contributed by atoms with Crippen LogP contribution in [0.4, 0.5) is 0 Å². The largest absolute Gasteiger partial charge is 0.459 e. The quantitative estimate of drug-likeness (QED) is 0.560. The van der Waals surface area contributed by atoms with Gasteiger partial charge in [-0.25, -0.2) is 0 Å². The van der Waals surface area contributed by atoms with Gasteiger partial charge in [-0.1, -0.05) is 56.8 Å². The maximum absolute atomic E-state index is 11.9. The molecule has 0 fully saturated rings. The van der Waals surface area contributed by atoms with Crippen molar-refractivity contribution in [1.82, 2.24) is 14.8 Å². The molecule has 0 aliphatic heterocycles. The van der Waals surface area contributed by atoms with Crippen molar-refractivity contribution in [2.45, 2.75) is 71.2 Å². The van der Waals surface area contributed by atoms with Crippen LogP contribution in [0.15, 0.2) is 29.4 Å². The normalized spacial score (nSPS) is 12.3. The van der Waals surface area contributed by atoms with Crippen molar-refractivity contribution >= 4 is 17.7 Å². The van der Waals surface area contributed by atoms with Gasteiger partial charge in [0.2, 0.25) is 0 Å². The summed E-state index contributed by atoms with van der Waals surface area (Å²) in [5.74, 6) is 0.794. The fourth-order valence-electron chi connectivity index (χ4n) is 2.51. The maximum atomic E-state index is 11.9. The lowest BCUT2D eigenvalue weighted by Crippen LogP contribution is -2.25. The molecule has 0 aliphatic rings. The summed E-state index contributed by atoms with van der Waals surface area (Å²) >= 11 is 1.36. The van der Waals surface area contributed by atoms with Crippen LogP contribution < -0.4 is 0 Å². The van der Waals surface area contributed by atoms with Crippen LogP contribution in [0.2, 0.25) is 0 Å². The molecular weight excluding hydrogens is 346 g/mol. The van der Waals surface area contributed by atoms with E-state index in [0.29, 0.717) is 0 Å². The Kier molecular flexibility index (Phi) is 6.17. The fourth-order valence-corrected chi connectivity index (χ4v) is 3.28. The standard InChI is InChI=1S/C20H29N3O2S/c1-8-23-17(14-9-11-15(12-10-14)19(2,3)4)21-22-18(23)26-13-16(24)25-20(5,6)7/h9-12H,8,13H2,1-7H3. The molecule has 1 heterocycles. The molecule has 0 N–H and O–H groups in total. The minimum Gasteiger partial charge on any atom is -0.459 e. The van der Waals surface area contributed by atoms with Crippen LogP contribution in [-0.4, -0.2) is 32.1 Å². The third-order valence-electron chi connectivity index (χ3n) is 3.78. The molecule has 0 spiro atoms. The van der Waals surface area contributed by atoms with E-state index in [9.17, 15) is 4.79 Å². The number of carbonyl (C=O) groups is 1. The number of thioether (sulfide) groups is 1. The van der Waals surface area contributed by atoms with E-state index in [2.05, 4.69) is 55.2 Å². The Balaban J connectivity index is 2.16. The highest BCUT2D eigenvalue weighted by molar-refractivity contribution is 7.99.